The summed E-state index contributed by atoms with van der Waals surface area (Å²) in [4.78, 5) is 2.30. The molecule has 100 valence electrons. The Morgan fingerprint density at radius 3 is 2.50 bits per heavy atom. The van der Waals surface area contributed by atoms with Crippen molar-refractivity contribution < 1.29 is 8.60 Å². The van der Waals surface area contributed by atoms with Crippen molar-refractivity contribution >= 4 is 10.8 Å². The van der Waals surface area contributed by atoms with Gasteiger partial charge >= 0.3 is 0 Å². The molecule has 1 unspecified atom stereocenters. The fourth-order valence-corrected chi connectivity index (χ4v) is 3.23. The van der Waals surface area contributed by atoms with E-state index < -0.39 is 10.8 Å². The van der Waals surface area contributed by atoms with Crippen LogP contribution >= 0.6 is 0 Å². The molecule has 1 aliphatic rings. The first-order valence-electron chi connectivity index (χ1n) is 6.23. The van der Waals surface area contributed by atoms with Crippen molar-refractivity contribution in [3.05, 3.63) is 35.6 Å². The molecule has 1 saturated heterocycles. The van der Waals surface area contributed by atoms with Gasteiger partial charge in [-0.15, -0.1) is 0 Å². The minimum Gasteiger partial charge on any atom is -0.324 e. The summed E-state index contributed by atoms with van der Waals surface area (Å²) in [6.45, 7) is 2.70. The van der Waals surface area contributed by atoms with Gasteiger partial charge in [-0.3, -0.25) is 4.21 Å². The van der Waals surface area contributed by atoms with E-state index in [1.165, 1.54) is 12.1 Å². The Morgan fingerprint density at radius 1 is 1.28 bits per heavy atom. The second-order valence-corrected chi connectivity index (χ2v) is 6.33. The maximum absolute atomic E-state index is 12.8. The normalized spacial score (nSPS) is 19.9. The van der Waals surface area contributed by atoms with Crippen LogP contribution in [0.25, 0.3) is 0 Å². The summed E-state index contributed by atoms with van der Waals surface area (Å²) in [5.74, 6) is 1.31. The summed E-state index contributed by atoms with van der Waals surface area (Å²) >= 11 is 0. The zero-order valence-electron chi connectivity index (χ0n) is 10.3. The molecule has 1 aliphatic heterocycles. The van der Waals surface area contributed by atoms with Gasteiger partial charge in [0.05, 0.1) is 0 Å². The minimum atomic E-state index is -0.628. The number of nitrogens with zero attached hydrogens (tertiary/aromatic N) is 1. The Labute approximate surface area is 110 Å². The Bertz CT molecular complexity index is 400. The van der Waals surface area contributed by atoms with E-state index in [0.717, 1.165) is 43.1 Å². The molecular weight excluding hydrogens is 251 g/mol. The van der Waals surface area contributed by atoms with Gasteiger partial charge in [0.1, 0.15) is 5.82 Å². The van der Waals surface area contributed by atoms with E-state index in [2.05, 4.69) is 4.90 Å². The number of hydrogen-bond acceptors (Lipinski definition) is 3. The van der Waals surface area contributed by atoms with Gasteiger partial charge < -0.3 is 10.6 Å². The molecule has 5 heteroatoms. The van der Waals surface area contributed by atoms with E-state index >= 15 is 0 Å². The van der Waals surface area contributed by atoms with Crippen LogP contribution in [0.3, 0.4) is 0 Å². The summed E-state index contributed by atoms with van der Waals surface area (Å²) in [6.07, 6.45) is 0.846. The lowest BCUT2D eigenvalue weighted by molar-refractivity contribution is 0.287. The van der Waals surface area contributed by atoms with Crippen LogP contribution in [-0.2, 0) is 10.8 Å². The lowest BCUT2D eigenvalue weighted by Gasteiger charge is -2.27. The highest BCUT2D eigenvalue weighted by atomic mass is 32.2. The third kappa shape index (κ3) is 3.86. The highest BCUT2D eigenvalue weighted by molar-refractivity contribution is 7.85. The Balaban J connectivity index is 1.79. The summed E-state index contributed by atoms with van der Waals surface area (Å²) in [6, 6.07) is 6.31. The fraction of sp³-hybridized carbons (Fsp3) is 0.538. The number of nitrogens with two attached hydrogens (primary N) is 1. The number of halogens is 1. The van der Waals surface area contributed by atoms with Gasteiger partial charge in [0.25, 0.3) is 0 Å². The Hall–Kier alpha value is -0.780. The van der Waals surface area contributed by atoms with Crippen LogP contribution in [-0.4, -0.2) is 40.2 Å². The van der Waals surface area contributed by atoms with Gasteiger partial charge in [0.2, 0.25) is 0 Å². The summed E-state index contributed by atoms with van der Waals surface area (Å²) < 4.78 is 24.0. The van der Waals surface area contributed by atoms with Crippen LogP contribution in [0, 0.1) is 5.82 Å². The molecule has 0 saturated carbocycles. The highest BCUT2D eigenvalue weighted by Crippen LogP contribution is 2.15. The highest BCUT2D eigenvalue weighted by Gasteiger charge is 2.16. The average molecular weight is 270 g/mol. The molecule has 0 spiro atoms. The molecule has 1 heterocycles. The van der Waals surface area contributed by atoms with Crippen molar-refractivity contribution in [3.8, 4) is 0 Å². The van der Waals surface area contributed by atoms with E-state index in [1.807, 2.05) is 0 Å². The third-order valence-corrected chi connectivity index (χ3v) is 4.60. The predicted molar refractivity (Wildman–Crippen MR) is 72.3 cm³/mol. The van der Waals surface area contributed by atoms with Crippen molar-refractivity contribution in [2.75, 3.05) is 31.1 Å². The quantitative estimate of drug-likeness (QED) is 0.896. The molecule has 0 aromatic heterocycles. The average Bonchev–Trinajstić information content (AvgIpc) is 2.38. The second-order valence-electron chi connectivity index (χ2n) is 4.64. The summed E-state index contributed by atoms with van der Waals surface area (Å²) in [7, 11) is -0.628. The molecule has 0 radical (unpaired) electrons. The Kier molecular flexibility index (Phi) is 4.86. The minimum absolute atomic E-state index is 0.0574. The number of rotatable bonds is 4. The van der Waals surface area contributed by atoms with Crippen LogP contribution in [0.4, 0.5) is 4.39 Å². The first-order chi connectivity index (χ1) is 8.65. The van der Waals surface area contributed by atoms with Crippen molar-refractivity contribution in [3.63, 3.8) is 0 Å². The molecule has 1 aromatic carbocycles. The van der Waals surface area contributed by atoms with E-state index in [4.69, 9.17) is 5.73 Å². The molecule has 3 nitrogen and oxygen atoms in total. The van der Waals surface area contributed by atoms with Crippen molar-refractivity contribution in [2.24, 2.45) is 5.73 Å². The monoisotopic (exact) mass is 270 g/mol. The van der Waals surface area contributed by atoms with E-state index in [0.29, 0.717) is 0 Å². The molecular formula is C13H19FN2OS. The molecule has 1 fully saturated rings. The lowest BCUT2D eigenvalue weighted by Crippen LogP contribution is -2.39. The molecule has 18 heavy (non-hydrogen) atoms. The van der Waals surface area contributed by atoms with Gasteiger partial charge in [-0.1, -0.05) is 12.1 Å². The summed E-state index contributed by atoms with van der Waals surface area (Å²) in [5.41, 5.74) is 7.05. The van der Waals surface area contributed by atoms with E-state index in [1.54, 1.807) is 12.1 Å². The van der Waals surface area contributed by atoms with Crippen molar-refractivity contribution in [2.45, 2.75) is 12.5 Å². The molecule has 0 aliphatic carbocycles. The molecule has 1 aromatic rings. The summed E-state index contributed by atoms with van der Waals surface area (Å²) in [5, 5.41) is 0. The van der Waals surface area contributed by atoms with Crippen LogP contribution in [0.5, 0.6) is 0 Å². The maximum Gasteiger partial charge on any atom is 0.123 e. The smallest absolute Gasteiger partial charge is 0.123 e. The maximum atomic E-state index is 12.8. The van der Waals surface area contributed by atoms with Crippen LogP contribution < -0.4 is 5.73 Å². The topological polar surface area (TPSA) is 46.3 Å². The molecule has 0 bridgehead atoms. The largest absolute Gasteiger partial charge is 0.324 e. The first kappa shape index (κ1) is 13.6. The predicted octanol–water partition coefficient (Wildman–Crippen LogP) is 1.28. The molecule has 1 atom stereocenters. The zero-order valence-corrected chi connectivity index (χ0v) is 11.2. The van der Waals surface area contributed by atoms with Crippen LogP contribution in [0.1, 0.15) is 18.0 Å². The second kappa shape index (κ2) is 6.41. The third-order valence-electron chi connectivity index (χ3n) is 3.32. The van der Waals surface area contributed by atoms with E-state index in [9.17, 15) is 8.60 Å². The van der Waals surface area contributed by atoms with Crippen molar-refractivity contribution in [1.29, 1.82) is 0 Å². The van der Waals surface area contributed by atoms with Crippen molar-refractivity contribution in [1.82, 2.24) is 4.90 Å². The SMILES string of the molecule is NC(CCN1CCS(=O)CC1)c1ccc(F)cc1. The van der Waals surface area contributed by atoms with Crippen LogP contribution in [0.15, 0.2) is 24.3 Å². The first-order valence-corrected chi connectivity index (χ1v) is 7.72. The molecule has 2 rings (SSSR count). The van der Waals surface area contributed by atoms with Crippen LogP contribution in [0.2, 0.25) is 0 Å². The van der Waals surface area contributed by atoms with Gasteiger partial charge in [0, 0.05) is 48.0 Å². The lowest BCUT2D eigenvalue weighted by atomic mass is 10.0. The van der Waals surface area contributed by atoms with Gasteiger partial charge in [-0.2, -0.15) is 0 Å². The number of benzene rings is 1. The zero-order chi connectivity index (χ0) is 13.0. The van der Waals surface area contributed by atoms with Gasteiger partial charge in [-0.05, 0) is 24.1 Å². The standard InChI is InChI=1S/C13H19FN2OS/c14-12-3-1-11(2-4-12)13(15)5-6-16-7-9-18(17)10-8-16/h1-4,13H,5-10,15H2. The van der Waals surface area contributed by atoms with Gasteiger partial charge in [-0.25, -0.2) is 4.39 Å². The van der Waals surface area contributed by atoms with E-state index in [-0.39, 0.29) is 11.9 Å². The fourth-order valence-electron chi connectivity index (χ4n) is 2.10. The molecule has 0 amide bonds. The van der Waals surface area contributed by atoms with Gasteiger partial charge in [0.15, 0.2) is 0 Å². The Morgan fingerprint density at radius 2 is 1.89 bits per heavy atom. The molecule has 2 N–H and O–H groups in total. The number of hydrogen-bond donors (Lipinski definition) is 1.